The van der Waals surface area contributed by atoms with E-state index < -0.39 is 10.0 Å². The van der Waals surface area contributed by atoms with E-state index in [-0.39, 0.29) is 16.9 Å². The Morgan fingerprint density at radius 1 is 1.43 bits per heavy atom. The summed E-state index contributed by atoms with van der Waals surface area (Å²) in [5, 5.41) is 0. The quantitative estimate of drug-likeness (QED) is 0.791. The second kappa shape index (κ2) is 6.24. The summed E-state index contributed by atoms with van der Waals surface area (Å²) in [4.78, 5) is 2.47. The normalized spacial score (nSPS) is 24.2. The van der Waals surface area contributed by atoms with Gasteiger partial charge in [-0.25, -0.2) is 13.1 Å². The maximum Gasteiger partial charge on any atom is 0.241 e. The maximum atomic E-state index is 12.7. The third kappa shape index (κ3) is 3.77. The Bertz CT molecular complexity index is 633. The lowest BCUT2D eigenvalue weighted by molar-refractivity contribution is 0.188. The van der Waals surface area contributed by atoms with E-state index in [2.05, 4.69) is 39.5 Å². The Kier molecular flexibility index (Phi) is 4.97. The first kappa shape index (κ1) is 16.7. The van der Waals surface area contributed by atoms with Crippen molar-refractivity contribution >= 4 is 31.6 Å². The van der Waals surface area contributed by atoms with E-state index in [1.807, 2.05) is 0 Å². The van der Waals surface area contributed by atoms with E-state index in [9.17, 15) is 8.42 Å². The van der Waals surface area contributed by atoms with Crippen LogP contribution in [0.2, 0.25) is 0 Å². The highest BCUT2D eigenvalue weighted by Crippen LogP contribution is 2.27. The number of hydrogen-bond donors (Lipinski definition) is 2. The van der Waals surface area contributed by atoms with E-state index in [1.54, 1.807) is 19.1 Å². The number of piperidine rings is 1. The molecule has 1 heterocycles. The fourth-order valence-electron chi connectivity index (χ4n) is 2.75. The van der Waals surface area contributed by atoms with Gasteiger partial charge in [-0.05, 0) is 50.6 Å². The van der Waals surface area contributed by atoms with Crippen molar-refractivity contribution in [1.82, 2.24) is 9.62 Å². The number of nitrogens with zero attached hydrogens (tertiary/aromatic N) is 1. The molecule has 21 heavy (non-hydrogen) atoms. The molecule has 5 nitrogen and oxygen atoms in total. The zero-order chi connectivity index (χ0) is 15.8. The van der Waals surface area contributed by atoms with Crippen molar-refractivity contribution in [2.75, 3.05) is 25.9 Å². The van der Waals surface area contributed by atoms with Crippen LogP contribution in [-0.2, 0) is 10.0 Å². The highest BCUT2D eigenvalue weighted by atomic mass is 79.9. The highest BCUT2D eigenvalue weighted by molar-refractivity contribution is 9.10. The Labute approximate surface area is 135 Å². The van der Waals surface area contributed by atoms with E-state index >= 15 is 0 Å². The standard InChI is InChI=1S/C14H22BrN3O2S/c1-9-8-18(3)5-4-13(9)17-21(19,20)14-7-11(15)6-12(16)10(14)2/h6-7,9,13,17H,4-5,8,16H2,1-3H3. The maximum absolute atomic E-state index is 12.7. The van der Waals surface area contributed by atoms with Crippen LogP contribution in [0.25, 0.3) is 0 Å². The number of nitrogens with one attached hydrogen (secondary N) is 1. The van der Waals surface area contributed by atoms with E-state index in [0.29, 0.717) is 15.7 Å². The van der Waals surface area contributed by atoms with Gasteiger partial charge in [0.2, 0.25) is 10.0 Å². The molecule has 1 aromatic carbocycles. The van der Waals surface area contributed by atoms with Gasteiger partial charge in [0, 0.05) is 22.7 Å². The number of anilines is 1. The Morgan fingerprint density at radius 3 is 2.71 bits per heavy atom. The van der Waals surface area contributed by atoms with Gasteiger partial charge in [-0.2, -0.15) is 0 Å². The zero-order valence-corrected chi connectivity index (χ0v) is 15.0. The lowest BCUT2D eigenvalue weighted by Crippen LogP contribution is -2.48. The molecule has 0 bridgehead atoms. The van der Waals surface area contributed by atoms with E-state index in [1.165, 1.54) is 0 Å². The summed E-state index contributed by atoms with van der Waals surface area (Å²) in [5.74, 6) is 0.281. The molecule has 1 aliphatic heterocycles. The van der Waals surface area contributed by atoms with Gasteiger partial charge >= 0.3 is 0 Å². The van der Waals surface area contributed by atoms with Gasteiger partial charge in [0.25, 0.3) is 0 Å². The summed E-state index contributed by atoms with van der Waals surface area (Å²) in [5.41, 5.74) is 6.93. The van der Waals surface area contributed by atoms with Crippen LogP contribution in [0.3, 0.4) is 0 Å². The number of nitrogens with two attached hydrogens (primary N) is 1. The van der Waals surface area contributed by atoms with Gasteiger partial charge in [0.15, 0.2) is 0 Å². The average molecular weight is 376 g/mol. The van der Waals surface area contributed by atoms with Crippen molar-refractivity contribution in [2.45, 2.75) is 31.2 Å². The Hall–Kier alpha value is -0.630. The van der Waals surface area contributed by atoms with Crippen LogP contribution in [0.15, 0.2) is 21.5 Å². The lowest BCUT2D eigenvalue weighted by atomic mass is 9.95. The second-order valence-corrected chi connectivity index (χ2v) is 8.47. The second-order valence-electron chi connectivity index (χ2n) is 5.87. The van der Waals surface area contributed by atoms with Crippen LogP contribution in [0.5, 0.6) is 0 Å². The number of nitrogen functional groups attached to an aromatic ring is 1. The van der Waals surface area contributed by atoms with E-state index in [0.717, 1.165) is 19.5 Å². The predicted octanol–water partition coefficient (Wildman–Crippen LogP) is 1.96. The molecule has 0 aromatic heterocycles. The van der Waals surface area contributed by atoms with Crippen molar-refractivity contribution < 1.29 is 8.42 Å². The molecule has 0 amide bonds. The summed E-state index contributed by atoms with van der Waals surface area (Å²) in [6, 6.07) is 3.28. The summed E-state index contributed by atoms with van der Waals surface area (Å²) in [7, 11) is -1.51. The summed E-state index contributed by atoms with van der Waals surface area (Å²) < 4.78 is 28.8. The van der Waals surface area contributed by atoms with Crippen molar-refractivity contribution in [1.29, 1.82) is 0 Å². The van der Waals surface area contributed by atoms with Crippen LogP contribution in [0.4, 0.5) is 5.69 Å². The number of rotatable bonds is 3. The van der Waals surface area contributed by atoms with Crippen molar-refractivity contribution in [3.05, 3.63) is 22.2 Å². The summed E-state index contributed by atoms with van der Waals surface area (Å²) >= 11 is 3.31. The minimum absolute atomic E-state index is 0.0363. The van der Waals surface area contributed by atoms with Gasteiger partial charge in [-0.1, -0.05) is 22.9 Å². The Balaban J connectivity index is 2.27. The molecule has 2 unspecified atom stereocenters. The van der Waals surface area contributed by atoms with Crippen LogP contribution < -0.4 is 10.5 Å². The molecule has 118 valence electrons. The minimum atomic E-state index is -3.56. The Morgan fingerprint density at radius 2 is 2.10 bits per heavy atom. The van der Waals surface area contributed by atoms with Gasteiger partial charge in [0.05, 0.1) is 4.90 Å². The fraction of sp³-hybridized carbons (Fsp3) is 0.571. The largest absolute Gasteiger partial charge is 0.398 e. The molecular weight excluding hydrogens is 354 g/mol. The first-order valence-corrected chi connectivity index (χ1v) is 9.25. The molecular formula is C14H22BrN3O2S. The monoisotopic (exact) mass is 375 g/mol. The molecule has 1 fully saturated rings. The lowest BCUT2D eigenvalue weighted by Gasteiger charge is -2.35. The average Bonchev–Trinajstić information content (AvgIpc) is 2.37. The molecule has 3 N–H and O–H groups in total. The van der Waals surface area contributed by atoms with Crippen LogP contribution >= 0.6 is 15.9 Å². The molecule has 1 aromatic rings. The smallest absolute Gasteiger partial charge is 0.241 e. The third-order valence-corrected chi connectivity index (χ3v) is 6.14. The van der Waals surface area contributed by atoms with Gasteiger partial charge in [0.1, 0.15) is 0 Å². The predicted molar refractivity (Wildman–Crippen MR) is 88.7 cm³/mol. The fourth-order valence-corrected chi connectivity index (χ4v) is 5.05. The topological polar surface area (TPSA) is 75.4 Å². The first-order valence-electron chi connectivity index (χ1n) is 6.97. The number of sulfonamides is 1. The molecule has 2 rings (SSSR count). The first-order chi connectivity index (χ1) is 9.70. The van der Waals surface area contributed by atoms with Crippen LogP contribution in [0, 0.1) is 12.8 Å². The molecule has 1 aliphatic rings. The number of likely N-dealkylation sites (tertiary alicyclic amines) is 1. The van der Waals surface area contributed by atoms with E-state index in [4.69, 9.17) is 5.73 Å². The molecule has 0 saturated carbocycles. The molecule has 0 spiro atoms. The van der Waals surface area contributed by atoms with Gasteiger partial charge in [-0.15, -0.1) is 0 Å². The van der Waals surface area contributed by atoms with Crippen molar-refractivity contribution in [3.8, 4) is 0 Å². The van der Waals surface area contributed by atoms with Crippen molar-refractivity contribution in [3.63, 3.8) is 0 Å². The molecule has 2 atom stereocenters. The van der Waals surface area contributed by atoms with Crippen LogP contribution in [0.1, 0.15) is 18.9 Å². The van der Waals surface area contributed by atoms with Gasteiger partial charge < -0.3 is 10.6 Å². The molecule has 7 heteroatoms. The number of halogens is 1. The number of hydrogen-bond acceptors (Lipinski definition) is 4. The highest BCUT2D eigenvalue weighted by Gasteiger charge is 2.29. The summed E-state index contributed by atoms with van der Waals surface area (Å²) in [6.07, 6.45) is 0.819. The zero-order valence-electron chi connectivity index (χ0n) is 12.6. The number of benzene rings is 1. The summed E-state index contributed by atoms with van der Waals surface area (Å²) in [6.45, 7) is 5.60. The van der Waals surface area contributed by atoms with Gasteiger partial charge in [-0.3, -0.25) is 0 Å². The molecule has 1 saturated heterocycles. The SMILES string of the molecule is Cc1c(N)cc(Br)cc1S(=O)(=O)NC1CCN(C)CC1C. The van der Waals surface area contributed by atoms with Crippen molar-refractivity contribution in [2.24, 2.45) is 5.92 Å². The minimum Gasteiger partial charge on any atom is -0.398 e. The molecule has 0 radical (unpaired) electrons. The third-order valence-electron chi connectivity index (χ3n) is 4.07. The molecule has 0 aliphatic carbocycles. The van der Waals surface area contributed by atoms with Crippen LogP contribution in [-0.4, -0.2) is 39.5 Å².